The van der Waals surface area contributed by atoms with Crippen molar-refractivity contribution in [2.45, 2.75) is 47.5 Å². The zero-order valence-electron chi connectivity index (χ0n) is 14.4. The highest BCUT2D eigenvalue weighted by Crippen LogP contribution is 2.23. The van der Waals surface area contributed by atoms with Crippen molar-refractivity contribution in [2.24, 2.45) is 4.99 Å². The Morgan fingerprint density at radius 2 is 1.73 bits per heavy atom. The number of hydrogen-bond acceptors (Lipinski definition) is 2. The first-order valence-corrected chi connectivity index (χ1v) is 8.21. The van der Waals surface area contributed by atoms with Crippen molar-refractivity contribution in [3.05, 3.63) is 52.7 Å². The van der Waals surface area contributed by atoms with Crippen LogP contribution in [0.1, 0.15) is 50.1 Å². The molecule has 0 N–H and O–H groups in total. The van der Waals surface area contributed by atoms with Gasteiger partial charge in [-0.3, -0.25) is 9.98 Å². The molecule has 0 fully saturated rings. The quantitative estimate of drug-likeness (QED) is 0.711. The van der Waals surface area contributed by atoms with Gasteiger partial charge in [-0.05, 0) is 62.9 Å². The summed E-state index contributed by atoms with van der Waals surface area (Å²) in [6.45, 7) is 11.4. The standard InChI is InChI=1S/C20H26N2/c1-6-16-9-10-18(13-17(16)7-2)20-12-11-19(15(5)22-20)14(4)21-8-3/h9-13H,6-8H2,1-5H3. The van der Waals surface area contributed by atoms with Crippen LogP contribution in [0.4, 0.5) is 0 Å². The van der Waals surface area contributed by atoms with Gasteiger partial charge in [0, 0.05) is 29.1 Å². The van der Waals surface area contributed by atoms with E-state index in [2.05, 4.69) is 69.9 Å². The van der Waals surface area contributed by atoms with Gasteiger partial charge in [0.05, 0.1) is 5.69 Å². The third-order valence-electron chi connectivity index (χ3n) is 4.13. The first-order chi connectivity index (χ1) is 10.6. The molecule has 0 aliphatic rings. The van der Waals surface area contributed by atoms with Crippen molar-refractivity contribution in [1.29, 1.82) is 0 Å². The lowest BCUT2D eigenvalue weighted by Gasteiger charge is -2.11. The van der Waals surface area contributed by atoms with E-state index in [0.29, 0.717) is 0 Å². The number of aromatic nitrogens is 1. The van der Waals surface area contributed by atoms with Gasteiger partial charge in [-0.15, -0.1) is 0 Å². The van der Waals surface area contributed by atoms with Gasteiger partial charge in [0.25, 0.3) is 0 Å². The highest BCUT2D eigenvalue weighted by atomic mass is 14.7. The van der Waals surface area contributed by atoms with Crippen molar-refractivity contribution >= 4 is 5.71 Å². The molecule has 0 saturated heterocycles. The molecular formula is C20H26N2. The molecule has 0 saturated carbocycles. The van der Waals surface area contributed by atoms with Gasteiger partial charge in [0.2, 0.25) is 0 Å². The van der Waals surface area contributed by atoms with Crippen molar-refractivity contribution in [2.75, 3.05) is 6.54 Å². The lowest BCUT2D eigenvalue weighted by molar-refractivity contribution is 1.04. The monoisotopic (exact) mass is 294 g/mol. The lowest BCUT2D eigenvalue weighted by Crippen LogP contribution is -2.02. The first kappa shape index (κ1) is 16.4. The van der Waals surface area contributed by atoms with Crippen LogP contribution in [0.3, 0.4) is 0 Å². The average Bonchev–Trinajstić information content (AvgIpc) is 2.54. The van der Waals surface area contributed by atoms with Crippen molar-refractivity contribution < 1.29 is 0 Å². The van der Waals surface area contributed by atoms with Crippen LogP contribution in [0.25, 0.3) is 11.3 Å². The minimum atomic E-state index is 0.811. The summed E-state index contributed by atoms with van der Waals surface area (Å²) in [5.41, 5.74) is 8.36. The molecule has 0 radical (unpaired) electrons. The fourth-order valence-corrected chi connectivity index (χ4v) is 2.89. The van der Waals surface area contributed by atoms with E-state index >= 15 is 0 Å². The van der Waals surface area contributed by atoms with E-state index < -0.39 is 0 Å². The molecule has 2 nitrogen and oxygen atoms in total. The largest absolute Gasteiger partial charge is 0.290 e. The summed E-state index contributed by atoms with van der Waals surface area (Å²) >= 11 is 0. The topological polar surface area (TPSA) is 25.2 Å². The molecule has 2 heteroatoms. The Morgan fingerprint density at radius 1 is 1.00 bits per heavy atom. The third-order valence-corrected chi connectivity index (χ3v) is 4.13. The van der Waals surface area contributed by atoms with Crippen LogP contribution in [-0.2, 0) is 12.8 Å². The fraction of sp³-hybridized carbons (Fsp3) is 0.400. The number of hydrogen-bond donors (Lipinski definition) is 0. The molecule has 0 atom stereocenters. The van der Waals surface area contributed by atoms with Gasteiger partial charge in [0.1, 0.15) is 0 Å². The second kappa shape index (κ2) is 7.35. The van der Waals surface area contributed by atoms with Gasteiger partial charge in [-0.25, -0.2) is 0 Å². The number of benzene rings is 1. The molecule has 1 heterocycles. The van der Waals surface area contributed by atoms with Gasteiger partial charge in [0.15, 0.2) is 0 Å². The predicted octanol–water partition coefficient (Wildman–Crippen LogP) is 5.01. The first-order valence-electron chi connectivity index (χ1n) is 8.21. The molecule has 0 aliphatic carbocycles. The minimum absolute atomic E-state index is 0.811. The number of nitrogens with zero attached hydrogens (tertiary/aromatic N) is 2. The fourth-order valence-electron chi connectivity index (χ4n) is 2.89. The summed E-state index contributed by atoms with van der Waals surface area (Å²) in [7, 11) is 0. The molecule has 2 rings (SSSR count). The smallest absolute Gasteiger partial charge is 0.0705 e. The zero-order chi connectivity index (χ0) is 16.1. The van der Waals surface area contributed by atoms with E-state index in [4.69, 9.17) is 4.98 Å². The van der Waals surface area contributed by atoms with Crippen LogP contribution >= 0.6 is 0 Å². The molecule has 0 aliphatic heterocycles. The number of aryl methyl sites for hydroxylation is 3. The molecule has 0 bridgehead atoms. The van der Waals surface area contributed by atoms with E-state index in [1.165, 1.54) is 16.7 Å². The minimum Gasteiger partial charge on any atom is -0.290 e. The van der Waals surface area contributed by atoms with Crippen molar-refractivity contribution in [3.63, 3.8) is 0 Å². The molecule has 116 valence electrons. The predicted molar refractivity (Wildman–Crippen MR) is 95.9 cm³/mol. The Balaban J connectivity index is 2.42. The summed E-state index contributed by atoms with van der Waals surface area (Å²) in [6, 6.07) is 11.0. The average molecular weight is 294 g/mol. The highest BCUT2D eigenvalue weighted by Gasteiger charge is 2.08. The number of rotatable bonds is 5. The zero-order valence-corrected chi connectivity index (χ0v) is 14.4. The molecule has 1 aromatic heterocycles. The Bertz CT molecular complexity index is 684. The van der Waals surface area contributed by atoms with Crippen LogP contribution in [0, 0.1) is 6.92 Å². The van der Waals surface area contributed by atoms with E-state index in [-0.39, 0.29) is 0 Å². The molecular weight excluding hydrogens is 268 g/mol. The van der Waals surface area contributed by atoms with Crippen molar-refractivity contribution in [1.82, 2.24) is 4.98 Å². The van der Waals surface area contributed by atoms with Gasteiger partial charge < -0.3 is 0 Å². The number of pyridine rings is 1. The molecule has 22 heavy (non-hydrogen) atoms. The van der Waals surface area contributed by atoms with E-state index in [1.54, 1.807) is 0 Å². The summed E-state index contributed by atoms with van der Waals surface area (Å²) in [5, 5.41) is 0. The van der Waals surface area contributed by atoms with Crippen LogP contribution in [0.15, 0.2) is 35.3 Å². The van der Waals surface area contributed by atoms with Gasteiger partial charge in [-0.2, -0.15) is 0 Å². The summed E-state index contributed by atoms with van der Waals surface area (Å²) in [5.74, 6) is 0. The van der Waals surface area contributed by atoms with Gasteiger partial charge in [-0.1, -0.05) is 26.0 Å². The van der Waals surface area contributed by atoms with Gasteiger partial charge >= 0.3 is 0 Å². The molecule has 0 unspecified atom stereocenters. The Kier molecular flexibility index (Phi) is 5.48. The molecule has 1 aromatic carbocycles. The summed E-state index contributed by atoms with van der Waals surface area (Å²) in [6.07, 6.45) is 2.15. The maximum absolute atomic E-state index is 4.80. The van der Waals surface area contributed by atoms with E-state index in [1.807, 2.05) is 0 Å². The van der Waals surface area contributed by atoms with Crippen LogP contribution in [0.2, 0.25) is 0 Å². The van der Waals surface area contributed by atoms with E-state index in [0.717, 1.165) is 42.0 Å². The van der Waals surface area contributed by atoms with Crippen LogP contribution in [0.5, 0.6) is 0 Å². The molecule has 2 aromatic rings. The van der Waals surface area contributed by atoms with E-state index in [9.17, 15) is 0 Å². The van der Waals surface area contributed by atoms with Crippen LogP contribution in [-0.4, -0.2) is 17.2 Å². The SMILES string of the molecule is CCN=C(C)c1ccc(-c2ccc(CC)c(CC)c2)nc1C. The second-order valence-electron chi connectivity index (χ2n) is 5.58. The van der Waals surface area contributed by atoms with Crippen LogP contribution < -0.4 is 0 Å². The maximum atomic E-state index is 4.80. The third kappa shape index (κ3) is 3.44. The normalized spacial score (nSPS) is 11.8. The summed E-state index contributed by atoms with van der Waals surface area (Å²) in [4.78, 5) is 9.28. The Hall–Kier alpha value is -1.96. The second-order valence-corrected chi connectivity index (χ2v) is 5.58. The summed E-state index contributed by atoms with van der Waals surface area (Å²) < 4.78 is 0. The van der Waals surface area contributed by atoms with Crippen molar-refractivity contribution in [3.8, 4) is 11.3 Å². The molecule has 0 spiro atoms. The Labute approximate surface area is 134 Å². The lowest BCUT2D eigenvalue weighted by atomic mass is 9.98. The Morgan fingerprint density at radius 3 is 2.32 bits per heavy atom. The molecule has 0 amide bonds. The number of aliphatic imine (C=N–C) groups is 1. The maximum Gasteiger partial charge on any atom is 0.0705 e. The highest BCUT2D eigenvalue weighted by molar-refractivity contribution is 5.99.